The minimum Gasteiger partial charge on any atom is -0.307 e. The van der Waals surface area contributed by atoms with Gasteiger partial charge < -0.3 is 5.32 Å². The Morgan fingerprint density at radius 2 is 1.53 bits per heavy atom. The summed E-state index contributed by atoms with van der Waals surface area (Å²) in [6, 6.07) is 13.9. The second-order valence-corrected chi connectivity index (χ2v) is 5.52. The third-order valence-corrected chi connectivity index (χ3v) is 3.45. The topological polar surface area (TPSA) is 53.0 Å². The highest BCUT2D eigenvalue weighted by molar-refractivity contribution is 14.1. The second-order valence-electron chi connectivity index (χ2n) is 3.84. The number of carbonyl (C=O) groups excluding carboxylic acids is 1. The van der Waals surface area contributed by atoms with Crippen molar-refractivity contribution in [3.8, 4) is 0 Å². The molecule has 2 aromatic rings. The number of rotatable bonds is 2. The molecule has 0 unspecified atom stereocenters. The SMILES string of the molecule is N=C(NC(=O)c1ccc(I)cc1)c1ccc(Cl)cc1. The van der Waals surface area contributed by atoms with Crippen LogP contribution in [0.4, 0.5) is 0 Å². The lowest BCUT2D eigenvalue weighted by Gasteiger charge is -2.07. The van der Waals surface area contributed by atoms with Crippen molar-refractivity contribution in [3.63, 3.8) is 0 Å². The molecule has 0 aliphatic heterocycles. The van der Waals surface area contributed by atoms with Gasteiger partial charge in [-0.15, -0.1) is 0 Å². The molecule has 5 heteroatoms. The van der Waals surface area contributed by atoms with Gasteiger partial charge in [-0.1, -0.05) is 11.6 Å². The minimum absolute atomic E-state index is 0.0558. The molecule has 0 radical (unpaired) electrons. The van der Waals surface area contributed by atoms with Gasteiger partial charge in [0.25, 0.3) is 5.91 Å². The van der Waals surface area contributed by atoms with Crippen molar-refractivity contribution in [2.24, 2.45) is 0 Å². The van der Waals surface area contributed by atoms with Crippen molar-refractivity contribution < 1.29 is 4.79 Å². The van der Waals surface area contributed by atoms with Gasteiger partial charge in [0.2, 0.25) is 0 Å². The standard InChI is InChI=1S/C14H10ClIN2O/c15-11-5-1-9(2-6-11)13(17)18-14(19)10-3-7-12(16)8-4-10/h1-8H,(H2,17,18,19). The highest BCUT2D eigenvalue weighted by Crippen LogP contribution is 2.10. The van der Waals surface area contributed by atoms with Crippen LogP contribution >= 0.6 is 34.2 Å². The number of halogens is 2. The van der Waals surface area contributed by atoms with E-state index in [2.05, 4.69) is 27.9 Å². The zero-order valence-corrected chi connectivity index (χ0v) is 12.7. The molecule has 0 heterocycles. The number of hydrogen-bond acceptors (Lipinski definition) is 2. The van der Waals surface area contributed by atoms with Crippen molar-refractivity contribution in [3.05, 3.63) is 68.3 Å². The largest absolute Gasteiger partial charge is 0.307 e. The Hall–Kier alpha value is -1.40. The fourth-order valence-corrected chi connectivity index (χ4v) is 1.96. The monoisotopic (exact) mass is 384 g/mol. The molecular weight excluding hydrogens is 375 g/mol. The average molecular weight is 385 g/mol. The van der Waals surface area contributed by atoms with Crippen LogP contribution < -0.4 is 5.32 Å². The summed E-state index contributed by atoms with van der Waals surface area (Å²) >= 11 is 7.95. The Morgan fingerprint density at radius 1 is 1.00 bits per heavy atom. The normalized spacial score (nSPS) is 10.0. The molecule has 96 valence electrons. The highest BCUT2D eigenvalue weighted by atomic mass is 127. The van der Waals surface area contributed by atoms with Crippen LogP contribution in [0.1, 0.15) is 15.9 Å². The van der Waals surface area contributed by atoms with Gasteiger partial charge in [-0.05, 0) is 71.1 Å². The molecule has 0 aliphatic rings. The first-order valence-electron chi connectivity index (χ1n) is 5.47. The van der Waals surface area contributed by atoms with E-state index in [1.165, 1.54) is 0 Å². The van der Waals surface area contributed by atoms with Gasteiger partial charge in [0.1, 0.15) is 5.84 Å². The third-order valence-electron chi connectivity index (χ3n) is 2.48. The smallest absolute Gasteiger partial charge is 0.256 e. The van der Waals surface area contributed by atoms with E-state index in [4.69, 9.17) is 17.0 Å². The summed E-state index contributed by atoms with van der Waals surface area (Å²) in [5.41, 5.74) is 1.14. The van der Waals surface area contributed by atoms with Crippen molar-refractivity contribution in [2.75, 3.05) is 0 Å². The van der Waals surface area contributed by atoms with Crippen molar-refractivity contribution in [1.82, 2.24) is 5.32 Å². The van der Waals surface area contributed by atoms with Crippen LogP contribution in [0.5, 0.6) is 0 Å². The van der Waals surface area contributed by atoms with Gasteiger partial charge in [-0.25, -0.2) is 0 Å². The highest BCUT2D eigenvalue weighted by Gasteiger charge is 2.09. The van der Waals surface area contributed by atoms with Gasteiger partial charge in [0.05, 0.1) is 0 Å². The molecule has 19 heavy (non-hydrogen) atoms. The molecular formula is C14H10ClIN2O. The number of hydrogen-bond donors (Lipinski definition) is 2. The zero-order valence-electron chi connectivity index (χ0n) is 9.78. The minimum atomic E-state index is -0.295. The molecule has 0 saturated carbocycles. The fraction of sp³-hybridized carbons (Fsp3) is 0. The molecule has 0 aromatic heterocycles. The van der Waals surface area contributed by atoms with Gasteiger partial charge in [0.15, 0.2) is 0 Å². The molecule has 0 atom stereocenters. The first-order valence-corrected chi connectivity index (χ1v) is 6.93. The first-order chi connectivity index (χ1) is 9.06. The lowest BCUT2D eigenvalue weighted by atomic mass is 10.2. The Bertz CT molecular complexity index is 553. The predicted molar refractivity (Wildman–Crippen MR) is 84.9 cm³/mol. The van der Waals surface area contributed by atoms with E-state index in [0.29, 0.717) is 16.1 Å². The quantitative estimate of drug-likeness (QED) is 0.463. The Morgan fingerprint density at radius 3 is 2.11 bits per heavy atom. The van der Waals surface area contributed by atoms with E-state index >= 15 is 0 Å². The van der Waals surface area contributed by atoms with E-state index in [9.17, 15) is 4.79 Å². The first kappa shape index (κ1) is 14.0. The Labute approximate surface area is 129 Å². The summed E-state index contributed by atoms with van der Waals surface area (Å²) in [7, 11) is 0. The lowest BCUT2D eigenvalue weighted by Crippen LogP contribution is -2.30. The number of amides is 1. The van der Waals surface area contributed by atoms with E-state index in [1.54, 1.807) is 36.4 Å². The summed E-state index contributed by atoms with van der Waals surface area (Å²) in [6.45, 7) is 0. The number of benzene rings is 2. The molecule has 0 saturated heterocycles. The molecule has 0 fully saturated rings. The molecule has 1 amide bonds. The maximum Gasteiger partial charge on any atom is 0.256 e. The van der Waals surface area contributed by atoms with Crippen LogP contribution in [-0.4, -0.2) is 11.7 Å². The Balaban J connectivity index is 2.08. The van der Waals surface area contributed by atoms with Gasteiger partial charge >= 0.3 is 0 Å². The van der Waals surface area contributed by atoms with Crippen molar-refractivity contribution in [2.45, 2.75) is 0 Å². The zero-order chi connectivity index (χ0) is 13.8. The summed E-state index contributed by atoms with van der Waals surface area (Å²) in [6.07, 6.45) is 0. The molecule has 3 nitrogen and oxygen atoms in total. The predicted octanol–water partition coefficient (Wildman–Crippen LogP) is 3.70. The summed E-state index contributed by atoms with van der Waals surface area (Å²) in [5.74, 6) is -0.239. The summed E-state index contributed by atoms with van der Waals surface area (Å²) in [4.78, 5) is 11.9. The van der Waals surface area contributed by atoms with Crippen LogP contribution in [0, 0.1) is 8.98 Å². The van der Waals surface area contributed by atoms with E-state index in [1.807, 2.05) is 12.1 Å². The summed E-state index contributed by atoms with van der Waals surface area (Å²) < 4.78 is 1.06. The molecule has 0 aliphatic carbocycles. The molecule has 0 bridgehead atoms. The molecule has 2 rings (SSSR count). The van der Waals surface area contributed by atoms with E-state index in [0.717, 1.165) is 3.57 Å². The molecule has 2 aromatic carbocycles. The van der Waals surface area contributed by atoms with Crippen LogP contribution in [0.3, 0.4) is 0 Å². The van der Waals surface area contributed by atoms with Crippen molar-refractivity contribution >= 4 is 45.9 Å². The maximum atomic E-state index is 11.9. The number of carbonyl (C=O) groups is 1. The number of nitrogens with one attached hydrogen (secondary N) is 2. The maximum absolute atomic E-state index is 11.9. The van der Waals surface area contributed by atoms with Gasteiger partial charge in [-0.2, -0.15) is 0 Å². The van der Waals surface area contributed by atoms with Crippen LogP contribution in [0.15, 0.2) is 48.5 Å². The lowest BCUT2D eigenvalue weighted by molar-refractivity contribution is 0.0977. The molecule has 2 N–H and O–H groups in total. The van der Waals surface area contributed by atoms with E-state index < -0.39 is 0 Å². The van der Waals surface area contributed by atoms with Gasteiger partial charge in [0, 0.05) is 19.7 Å². The number of amidine groups is 1. The fourth-order valence-electron chi connectivity index (χ4n) is 1.48. The van der Waals surface area contributed by atoms with Crippen LogP contribution in [-0.2, 0) is 0 Å². The van der Waals surface area contributed by atoms with E-state index in [-0.39, 0.29) is 11.7 Å². The average Bonchev–Trinajstić information content (AvgIpc) is 2.40. The Kier molecular flexibility index (Phi) is 4.55. The van der Waals surface area contributed by atoms with Crippen molar-refractivity contribution in [1.29, 1.82) is 5.41 Å². The van der Waals surface area contributed by atoms with Crippen LogP contribution in [0.25, 0.3) is 0 Å². The van der Waals surface area contributed by atoms with Crippen LogP contribution in [0.2, 0.25) is 5.02 Å². The third kappa shape index (κ3) is 3.78. The van der Waals surface area contributed by atoms with Gasteiger partial charge in [-0.3, -0.25) is 10.2 Å². The second kappa shape index (κ2) is 6.16. The molecule has 0 spiro atoms. The summed E-state index contributed by atoms with van der Waals surface area (Å²) in [5, 5.41) is 11.0.